The highest BCUT2D eigenvalue weighted by molar-refractivity contribution is 6.13. The summed E-state index contributed by atoms with van der Waals surface area (Å²) in [5, 5.41) is 87.6. The Morgan fingerprint density at radius 1 is 0.792 bits per heavy atom. The maximum Gasteiger partial charge on any atom is 0.237 e. The van der Waals surface area contributed by atoms with E-state index in [2.05, 4.69) is 163 Å². The Kier molecular flexibility index (Phi) is 26.1. The molecule has 0 radical (unpaired) electrons. The molecule has 404 valence electrons. The van der Waals surface area contributed by atoms with Gasteiger partial charge in [0.15, 0.2) is 5.82 Å². The minimum absolute atomic E-state index is 0. The second-order valence-corrected chi connectivity index (χ2v) is 14.7. The molecular weight excluding hydrogens is 1020 g/mol. The molecule has 2 atom stereocenters. The van der Waals surface area contributed by atoms with E-state index in [0.717, 1.165) is 27.8 Å². The highest BCUT2D eigenvalue weighted by Gasteiger charge is 2.48. The monoisotopic (exact) mass is 1070 g/mol. The number of benzene rings is 2. The van der Waals surface area contributed by atoms with Gasteiger partial charge in [-0.3, -0.25) is 19.6 Å². The number of hydrogen-bond donors (Lipinski definition) is 9. The van der Waals surface area contributed by atoms with Crippen LogP contribution < -0.4 is 27.8 Å². The number of nitrogens with one attached hydrogen (secondary N) is 4. The summed E-state index contributed by atoms with van der Waals surface area (Å²) in [4.78, 5) is 46.8. The summed E-state index contributed by atoms with van der Waals surface area (Å²) >= 11 is 0. The molecule has 2 saturated heterocycles. The molecule has 3 aromatic heterocycles. The maximum atomic E-state index is 14.0. The number of carbonyl (C=O) groups excluding carboxylic acids is 2. The van der Waals surface area contributed by atoms with Crippen molar-refractivity contribution >= 4 is 39.9 Å². The highest BCUT2D eigenvalue weighted by Crippen LogP contribution is 2.35. The standard InChI is InChI=1S/C36H37FN10O3.CH4.H3N13.H3N11.H3NO/c1-23-20-46(31-11-6-26(19-40-31)34-38-13-3-14-39-34)16-17-47(23)32(48)21-45-15-12-36(22-45,24(2)44-50)35(49)41-28-9-10-30-29(18-28)33(43-42-30)25-4-7-27(37)8-5-25;;1-3-5-7-9-11-13-12-10-8-6-4-2;1-3-5-7-9-11-10-8-6-4-2;1-2/h3-11,13-14,18-19,23,50H,12,15-17,20-22H2,1-2H3,(H,41,49)(H,42,43);1H4;(H3,1,2,5,6,9,10,13);(H3,1,2,5,6,9,10);2H,1H2/t23-,36?;;;;/m1..../s1. The summed E-state index contributed by atoms with van der Waals surface area (Å²) < 4.78 is 13.5. The van der Waals surface area contributed by atoms with E-state index < -0.39 is 5.41 Å². The number of carbonyl (C=O) groups is 2. The van der Waals surface area contributed by atoms with Crippen molar-refractivity contribution in [2.75, 3.05) is 49.5 Å². The van der Waals surface area contributed by atoms with Crippen LogP contribution in [-0.2, 0) is 9.59 Å². The minimum atomic E-state index is -1.13. The first kappa shape index (κ1) is 60.7. The zero-order valence-corrected chi connectivity index (χ0v) is 39.9. The first-order valence-electron chi connectivity index (χ1n) is 21.3. The van der Waals surface area contributed by atoms with Crippen LogP contribution in [-0.4, -0.2) is 108 Å². The number of aromatic amines is 1. The number of hydrogen-bond acceptors (Lipinski definition) is 16. The summed E-state index contributed by atoms with van der Waals surface area (Å²) in [5.41, 5.74) is 14.9. The first-order valence-corrected chi connectivity index (χ1v) is 21.3. The van der Waals surface area contributed by atoms with Gasteiger partial charge in [-0.1, -0.05) is 23.0 Å². The summed E-state index contributed by atoms with van der Waals surface area (Å²) in [6, 6.07) is 17.1. The van der Waals surface area contributed by atoms with E-state index in [1.807, 2.05) is 41.0 Å². The molecule has 2 fully saturated rings. The van der Waals surface area contributed by atoms with Crippen LogP contribution in [0.5, 0.6) is 0 Å². The molecule has 2 aromatic carbocycles. The predicted octanol–water partition coefficient (Wildman–Crippen LogP) is 7.50. The van der Waals surface area contributed by atoms with Gasteiger partial charge in [-0.15, -0.1) is 0 Å². The Morgan fingerprint density at radius 2 is 1.36 bits per heavy atom. The molecule has 39 nitrogen and oxygen atoms in total. The van der Waals surface area contributed by atoms with Crippen LogP contribution in [0, 0.1) is 22.3 Å². The lowest BCUT2D eigenvalue weighted by molar-refractivity contribution is -0.135. The topological polar surface area (TPSA) is 549 Å². The lowest BCUT2D eigenvalue weighted by Gasteiger charge is -2.41. The van der Waals surface area contributed by atoms with Crippen molar-refractivity contribution in [3.8, 4) is 22.6 Å². The Hall–Kier alpha value is -10.6. The first-order chi connectivity index (χ1) is 37.1. The third-order valence-corrected chi connectivity index (χ3v) is 10.5. The Balaban J connectivity index is 0.000000479. The summed E-state index contributed by atoms with van der Waals surface area (Å²) in [7, 11) is 0. The van der Waals surface area contributed by atoms with E-state index >= 15 is 0 Å². The van der Waals surface area contributed by atoms with Gasteiger partial charge in [0.05, 0.1) is 23.5 Å². The van der Waals surface area contributed by atoms with E-state index in [1.165, 1.54) is 12.1 Å². The van der Waals surface area contributed by atoms with Crippen molar-refractivity contribution in [1.82, 2.24) is 34.9 Å². The highest BCUT2D eigenvalue weighted by atomic mass is 19.1. The van der Waals surface area contributed by atoms with E-state index in [0.29, 0.717) is 49.8 Å². The molecule has 0 aliphatic carbocycles. The van der Waals surface area contributed by atoms with Crippen molar-refractivity contribution in [2.24, 2.45) is 133 Å². The molecule has 1 unspecified atom stereocenters. The van der Waals surface area contributed by atoms with Crippen LogP contribution in [0.1, 0.15) is 27.7 Å². The van der Waals surface area contributed by atoms with Gasteiger partial charge in [0.25, 0.3) is 0 Å². The van der Waals surface area contributed by atoms with Gasteiger partial charge < -0.3 is 37.2 Å². The normalized spacial score (nSPS) is 17.1. The zero-order valence-electron chi connectivity index (χ0n) is 39.9. The fraction of sp³-hybridized carbons (Fsp3) is 0.324. The molecule has 0 spiro atoms. The van der Waals surface area contributed by atoms with Crippen LogP contribution in [0.2, 0.25) is 0 Å². The smallest absolute Gasteiger partial charge is 0.237 e. The molecule has 5 aromatic rings. The third-order valence-electron chi connectivity index (χ3n) is 10.5. The summed E-state index contributed by atoms with van der Waals surface area (Å²) in [5.74, 6) is 13.4. The number of pyridine rings is 1. The second kappa shape index (κ2) is 33.2. The molecule has 12 N–H and O–H groups in total. The largest absolute Gasteiger partial charge is 0.411 e. The van der Waals surface area contributed by atoms with Gasteiger partial charge in [-0.05, 0) is 175 Å². The number of H-pyrrole nitrogens is 1. The molecule has 2 amide bonds. The SMILES string of the molecule is C.CC(=NO)C1(C(=O)Nc2ccc3[nH]nc(-c4ccc(F)cc4)c3c2)CCN(CC(=O)N2CCN(c3ccc(-c4ncccn4)cn3)C[C@H]2C)C1.N=N/N=N/N=N/N=N/N=N/N.N=N/N=N/N=N/N=N/N=N/N=N/N.NO. The van der Waals surface area contributed by atoms with E-state index in [9.17, 15) is 19.2 Å². The minimum Gasteiger partial charge on any atom is -0.411 e. The fourth-order valence-corrected chi connectivity index (χ4v) is 7.21. The number of oxime groups is 1. The number of likely N-dealkylation sites (tertiary alicyclic amines) is 1. The lowest BCUT2D eigenvalue weighted by atomic mass is 9.81. The summed E-state index contributed by atoms with van der Waals surface area (Å²) in [6.07, 6.45) is 5.55. The van der Waals surface area contributed by atoms with Crippen LogP contribution in [0.4, 0.5) is 15.9 Å². The number of rotatable bonds is 17. The number of nitrogens with two attached hydrogens (primary N) is 3. The molecule has 2 aliphatic heterocycles. The fourth-order valence-electron chi connectivity index (χ4n) is 7.21. The van der Waals surface area contributed by atoms with Gasteiger partial charge in [0.1, 0.15) is 17.1 Å². The number of aromatic nitrogens is 5. The number of nitrogens with zero attached hydrogens (tertiary/aromatic N) is 28. The quantitative estimate of drug-likeness (QED) is 0.0143. The maximum absolute atomic E-state index is 14.0. The molecule has 77 heavy (non-hydrogen) atoms. The van der Waals surface area contributed by atoms with E-state index in [4.69, 9.17) is 16.3 Å². The molecule has 7 rings (SSSR count). The number of amides is 2. The molecule has 5 heterocycles. The molecular formula is C37H50FN35O4. The average molecular weight is 1070 g/mol. The third kappa shape index (κ3) is 18.4. The molecule has 40 heteroatoms. The summed E-state index contributed by atoms with van der Waals surface area (Å²) in [6.45, 7) is 6.32. The number of anilines is 2. The lowest BCUT2D eigenvalue weighted by Crippen LogP contribution is -2.56. The Bertz CT molecular complexity index is 2950. The zero-order chi connectivity index (χ0) is 55.0. The molecule has 0 bridgehead atoms. The van der Waals surface area contributed by atoms with Crippen molar-refractivity contribution in [3.63, 3.8) is 0 Å². The second-order valence-electron chi connectivity index (χ2n) is 14.7. The van der Waals surface area contributed by atoms with Crippen molar-refractivity contribution in [2.45, 2.75) is 33.7 Å². The van der Waals surface area contributed by atoms with E-state index in [1.54, 1.807) is 49.8 Å². The van der Waals surface area contributed by atoms with Gasteiger partial charge in [0.2, 0.25) is 11.8 Å². The van der Waals surface area contributed by atoms with Crippen LogP contribution in [0.3, 0.4) is 0 Å². The van der Waals surface area contributed by atoms with Crippen LogP contribution >= 0.6 is 0 Å². The van der Waals surface area contributed by atoms with Crippen molar-refractivity contribution < 1.29 is 24.4 Å². The predicted molar refractivity (Wildman–Crippen MR) is 262 cm³/mol. The van der Waals surface area contributed by atoms with Crippen molar-refractivity contribution in [1.29, 1.82) is 11.1 Å². The number of fused-ring (bicyclic) bond motifs is 1. The van der Waals surface area contributed by atoms with Crippen LogP contribution in [0.15, 0.2) is 189 Å². The molecule has 2 aliphatic rings. The molecule has 0 saturated carbocycles. The number of piperazine rings is 1. The Labute approximate surface area is 433 Å². The number of halogens is 1. The van der Waals surface area contributed by atoms with E-state index in [-0.39, 0.29) is 49.9 Å². The average Bonchev–Trinajstić information content (AvgIpc) is 4.11. The van der Waals surface area contributed by atoms with Gasteiger partial charge in [-0.2, -0.15) is 16.2 Å². The van der Waals surface area contributed by atoms with Gasteiger partial charge in [-0.25, -0.2) is 25.2 Å². The van der Waals surface area contributed by atoms with Crippen molar-refractivity contribution in [3.05, 3.63) is 85.1 Å². The Morgan fingerprint density at radius 3 is 1.90 bits per heavy atom. The van der Waals surface area contributed by atoms with Gasteiger partial charge >= 0.3 is 0 Å². The van der Waals surface area contributed by atoms with Crippen LogP contribution in [0.25, 0.3) is 33.5 Å². The van der Waals surface area contributed by atoms with Gasteiger partial charge in [0, 0.05) is 79.6 Å².